The van der Waals surface area contributed by atoms with Gasteiger partial charge in [-0.1, -0.05) is 123 Å². The van der Waals surface area contributed by atoms with Crippen LogP contribution in [0.3, 0.4) is 0 Å². The van der Waals surface area contributed by atoms with Crippen LogP contribution in [0.4, 0.5) is 0 Å². The highest BCUT2D eigenvalue weighted by molar-refractivity contribution is 5.99. The van der Waals surface area contributed by atoms with Gasteiger partial charge in [-0.2, -0.15) is 0 Å². The number of aromatic nitrogens is 4. The molecular weight excluding hydrogens is 685 g/mol. The van der Waals surface area contributed by atoms with Crippen LogP contribution in [0.1, 0.15) is 79.0 Å². The van der Waals surface area contributed by atoms with E-state index in [1.807, 2.05) is 42.7 Å². The van der Waals surface area contributed by atoms with E-state index in [9.17, 15) is 5.11 Å². The van der Waals surface area contributed by atoms with Crippen molar-refractivity contribution in [3.8, 4) is 56.3 Å². The minimum Gasteiger partial charge on any atom is -0.507 e. The lowest BCUT2D eigenvalue weighted by molar-refractivity contribution is 0.477. The van der Waals surface area contributed by atoms with Crippen LogP contribution in [0.2, 0.25) is 0 Å². The maximum Gasteiger partial charge on any atom is 0.145 e. The Bertz CT molecular complexity index is 2740. The predicted octanol–water partition coefficient (Wildman–Crippen LogP) is 13.2. The molecule has 5 aromatic carbocycles. The summed E-state index contributed by atoms with van der Waals surface area (Å²) < 4.78 is 2.24. The maximum absolute atomic E-state index is 11.4. The van der Waals surface area contributed by atoms with Gasteiger partial charge in [-0.25, -0.2) is 4.98 Å². The zero-order valence-corrected chi connectivity index (χ0v) is 33.9. The van der Waals surface area contributed by atoms with Gasteiger partial charge in [-0.05, 0) is 105 Å². The van der Waals surface area contributed by atoms with Crippen LogP contribution < -0.4 is 0 Å². The zero-order chi connectivity index (χ0) is 39.6. The standard InChI is InChI=1S/C51H50N4O/c1-49(2,3)35-19-21-37(22-20-35)55-44-17-13-16-38(39-28-33(18-23-45(39)56)32-14-11-10-12-15-32)47(44)54-48(55)34-24-26-52-43(29-34)41-31-36(50(4,5)6)30-40-42(51(7,8)9)25-27-53-46(40)41/h10-31,56H,1-9H3. The summed E-state index contributed by atoms with van der Waals surface area (Å²) >= 11 is 0. The Hall–Kier alpha value is -6.07. The minimum atomic E-state index is -0.0848. The van der Waals surface area contributed by atoms with E-state index >= 15 is 0 Å². The minimum absolute atomic E-state index is 0.0120. The Balaban J connectivity index is 1.38. The van der Waals surface area contributed by atoms with Crippen molar-refractivity contribution in [2.45, 2.75) is 78.6 Å². The summed E-state index contributed by atoms with van der Waals surface area (Å²) in [4.78, 5) is 15.4. The number of para-hydroxylation sites is 1. The first-order valence-electron chi connectivity index (χ1n) is 19.5. The van der Waals surface area contributed by atoms with E-state index < -0.39 is 0 Å². The molecule has 0 aliphatic carbocycles. The summed E-state index contributed by atoms with van der Waals surface area (Å²) in [6.07, 6.45) is 3.81. The van der Waals surface area contributed by atoms with Gasteiger partial charge in [-0.15, -0.1) is 0 Å². The lowest BCUT2D eigenvalue weighted by atomic mass is 9.80. The van der Waals surface area contributed by atoms with Crippen LogP contribution >= 0.6 is 0 Å². The third-order valence-electron chi connectivity index (χ3n) is 10.9. The molecule has 8 rings (SSSR count). The van der Waals surface area contributed by atoms with Crippen LogP contribution in [0.15, 0.2) is 134 Å². The van der Waals surface area contributed by atoms with Crippen molar-refractivity contribution in [1.82, 2.24) is 19.5 Å². The van der Waals surface area contributed by atoms with Crippen LogP contribution in [-0.4, -0.2) is 24.6 Å². The second kappa shape index (κ2) is 13.6. The molecular formula is C51H50N4O. The van der Waals surface area contributed by atoms with Crippen molar-refractivity contribution < 1.29 is 5.11 Å². The largest absolute Gasteiger partial charge is 0.507 e. The molecule has 0 aliphatic heterocycles. The van der Waals surface area contributed by atoms with Gasteiger partial charge in [0.2, 0.25) is 0 Å². The molecule has 5 heteroatoms. The topological polar surface area (TPSA) is 63.8 Å². The van der Waals surface area contributed by atoms with Crippen LogP contribution in [0, 0.1) is 0 Å². The molecule has 0 aliphatic rings. The first-order valence-corrected chi connectivity index (χ1v) is 19.5. The molecule has 0 atom stereocenters. The molecule has 0 amide bonds. The Kier molecular flexibility index (Phi) is 8.95. The van der Waals surface area contributed by atoms with E-state index in [1.165, 1.54) is 16.7 Å². The lowest BCUT2D eigenvalue weighted by Gasteiger charge is -2.25. The van der Waals surface area contributed by atoms with Crippen molar-refractivity contribution in [3.05, 3.63) is 150 Å². The van der Waals surface area contributed by atoms with E-state index in [1.54, 1.807) is 6.07 Å². The fourth-order valence-corrected chi connectivity index (χ4v) is 7.70. The fourth-order valence-electron chi connectivity index (χ4n) is 7.70. The molecule has 1 N–H and O–H groups in total. The third kappa shape index (κ3) is 6.76. The average molecular weight is 735 g/mol. The van der Waals surface area contributed by atoms with Crippen LogP contribution in [0.5, 0.6) is 5.75 Å². The van der Waals surface area contributed by atoms with Gasteiger partial charge in [0, 0.05) is 45.7 Å². The number of imidazole rings is 1. The monoisotopic (exact) mass is 734 g/mol. The lowest BCUT2D eigenvalue weighted by Crippen LogP contribution is -2.15. The van der Waals surface area contributed by atoms with Crippen molar-refractivity contribution in [2.24, 2.45) is 0 Å². The van der Waals surface area contributed by atoms with Gasteiger partial charge in [0.1, 0.15) is 11.6 Å². The van der Waals surface area contributed by atoms with Gasteiger partial charge in [-0.3, -0.25) is 14.5 Å². The molecule has 0 radical (unpaired) electrons. The molecule has 0 saturated heterocycles. The van der Waals surface area contributed by atoms with Gasteiger partial charge >= 0.3 is 0 Å². The number of benzene rings is 5. The van der Waals surface area contributed by atoms with Crippen molar-refractivity contribution in [3.63, 3.8) is 0 Å². The van der Waals surface area contributed by atoms with Crippen LogP contribution in [0.25, 0.3) is 72.5 Å². The van der Waals surface area contributed by atoms with E-state index in [4.69, 9.17) is 15.0 Å². The molecule has 0 unspecified atom stereocenters. The summed E-state index contributed by atoms with van der Waals surface area (Å²) in [5.41, 5.74) is 13.8. The molecule has 5 nitrogen and oxygen atoms in total. The summed E-state index contributed by atoms with van der Waals surface area (Å²) in [5, 5.41) is 12.5. The number of hydrogen-bond acceptors (Lipinski definition) is 4. The van der Waals surface area contributed by atoms with E-state index in [-0.39, 0.29) is 22.0 Å². The SMILES string of the molecule is CC(C)(C)c1ccc(-n2c(-c3ccnc(-c4cc(C(C)(C)C)cc5c(C(C)(C)C)ccnc45)c3)nc3c(-c4cc(-c5ccccc5)ccc4O)cccc32)cc1. The highest BCUT2D eigenvalue weighted by atomic mass is 16.3. The maximum atomic E-state index is 11.4. The molecule has 0 bridgehead atoms. The predicted molar refractivity (Wildman–Crippen MR) is 234 cm³/mol. The second-order valence-corrected chi connectivity index (χ2v) is 18.0. The van der Waals surface area contributed by atoms with Gasteiger partial charge in [0.15, 0.2) is 0 Å². The highest BCUT2D eigenvalue weighted by Gasteiger charge is 2.25. The molecule has 0 fully saturated rings. The number of pyridine rings is 2. The number of aromatic hydroxyl groups is 1. The first-order chi connectivity index (χ1) is 26.6. The fraction of sp³-hybridized carbons (Fsp3) is 0.235. The molecule has 280 valence electrons. The molecule has 8 aromatic rings. The van der Waals surface area contributed by atoms with Gasteiger partial charge in [0.05, 0.1) is 22.2 Å². The molecule has 56 heavy (non-hydrogen) atoms. The number of phenols is 1. The average Bonchev–Trinajstić information content (AvgIpc) is 3.57. The number of rotatable bonds is 5. The number of hydrogen-bond donors (Lipinski definition) is 1. The number of phenolic OH excluding ortho intramolecular Hbond substituents is 1. The van der Waals surface area contributed by atoms with Gasteiger partial charge in [0.25, 0.3) is 0 Å². The van der Waals surface area contributed by atoms with Crippen molar-refractivity contribution >= 4 is 21.9 Å². The van der Waals surface area contributed by atoms with Crippen molar-refractivity contribution in [1.29, 1.82) is 0 Å². The zero-order valence-electron chi connectivity index (χ0n) is 33.9. The molecule has 3 aromatic heterocycles. The highest BCUT2D eigenvalue weighted by Crippen LogP contribution is 2.42. The quantitative estimate of drug-likeness (QED) is 0.191. The summed E-state index contributed by atoms with van der Waals surface area (Å²) in [7, 11) is 0. The van der Waals surface area contributed by atoms with Crippen LogP contribution in [-0.2, 0) is 16.2 Å². The van der Waals surface area contributed by atoms with E-state index in [2.05, 4.69) is 152 Å². The smallest absolute Gasteiger partial charge is 0.145 e. The van der Waals surface area contributed by atoms with E-state index in [0.717, 1.165) is 72.5 Å². The summed E-state index contributed by atoms with van der Waals surface area (Å²) in [6.45, 7) is 20.3. The second-order valence-electron chi connectivity index (χ2n) is 18.0. The Morgan fingerprint density at radius 1 is 0.500 bits per heavy atom. The normalized spacial score (nSPS) is 12.4. The van der Waals surface area contributed by atoms with Gasteiger partial charge < -0.3 is 5.11 Å². The van der Waals surface area contributed by atoms with E-state index in [0.29, 0.717) is 0 Å². The molecule has 0 saturated carbocycles. The molecule has 0 spiro atoms. The number of fused-ring (bicyclic) bond motifs is 2. The summed E-state index contributed by atoms with van der Waals surface area (Å²) in [6, 6.07) is 42.0. The Labute approximate surface area is 330 Å². The molecule has 3 heterocycles. The Morgan fingerprint density at radius 2 is 1.21 bits per heavy atom. The Morgan fingerprint density at radius 3 is 1.91 bits per heavy atom. The first kappa shape index (κ1) is 36.9. The third-order valence-corrected chi connectivity index (χ3v) is 10.9. The summed E-state index contributed by atoms with van der Waals surface area (Å²) in [5.74, 6) is 1.000. The number of nitrogens with zero attached hydrogens (tertiary/aromatic N) is 4. The van der Waals surface area contributed by atoms with Crippen molar-refractivity contribution in [2.75, 3.05) is 0 Å².